The molecule has 21 heavy (non-hydrogen) atoms. The summed E-state index contributed by atoms with van der Waals surface area (Å²) in [6.07, 6.45) is 2.02. The summed E-state index contributed by atoms with van der Waals surface area (Å²) < 4.78 is 18.7. The minimum atomic E-state index is -1.19. The molecule has 1 heterocycles. The van der Waals surface area contributed by atoms with Crippen LogP contribution in [0.1, 0.15) is 29.3 Å². The van der Waals surface area contributed by atoms with E-state index in [0.29, 0.717) is 12.0 Å². The predicted molar refractivity (Wildman–Crippen MR) is 79.9 cm³/mol. The van der Waals surface area contributed by atoms with Crippen molar-refractivity contribution >= 4 is 0 Å². The van der Waals surface area contributed by atoms with Crippen LogP contribution in [0.2, 0.25) is 0 Å². The summed E-state index contributed by atoms with van der Waals surface area (Å²) in [6, 6.07) is 6.01. The molecule has 1 N–H and O–H groups in total. The Morgan fingerprint density at radius 3 is 2.67 bits per heavy atom. The SMILES string of the molecule is COc1c(C)cnc(CC(C)(O)c2cccc(F)c2)c1C. The number of halogens is 1. The summed E-state index contributed by atoms with van der Waals surface area (Å²) in [5, 5.41) is 10.7. The van der Waals surface area contributed by atoms with Gasteiger partial charge in [0, 0.05) is 23.7 Å². The highest BCUT2D eigenvalue weighted by atomic mass is 19.1. The Bertz CT molecular complexity index is 653. The van der Waals surface area contributed by atoms with Crippen molar-refractivity contribution in [3.05, 3.63) is 58.7 Å². The zero-order chi connectivity index (χ0) is 15.6. The van der Waals surface area contributed by atoms with Crippen LogP contribution in [0.4, 0.5) is 4.39 Å². The normalized spacial score (nSPS) is 13.8. The fraction of sp³-hybridized carbons (Fsp3) is 0.353. The number of benzene rings is 1. The smallest absolute Gasteiger partial charge is 0.128 e. The third-order valence-corrected chi connectivity index (χ3v) is 3.71. The van der Waals surface area contributed by atoms with E-state index in [1.54, 1.807) is 32.4 Å². The predicted octanol–water partition coefficient (Wildman–Crippen LogP) is 3.30. The number of methoxy groups -OCH3 is 1. The molecule has 0 aliphatic rings. The molecule has 0 aliphatic carbocycles. The van der Waals surface area contributed by atoms with Crippen molar-refractivity contribution in [2.45, 2.75) is 32.8 Å². The number of aromatic nitrogens is 1. The average molecular weight is 289 g/mol. The lowest BCUT2D eigenvalue weighted by Crippen LogP contribution is -2.25. The monoisotopic (exact) mass is 289 g/mol. The Labute approximate surface area is 124 Å². The maximum atomic E-state index is 13.3. The van der Waals surface area contributed by atoms with Gasteiger partial charge in [0.1, 0.15) is 11.6 Å². The van der Waals surface area contributed by atoms with E-state index in [1.165, 1.54) is 12.1 Å². The number of rotatable bonds is 4. The van der Waals surface area contributed by atoms with Crippen LogP contribution in [-0.2, 0) is 12.0 Å². The molecule has 1 aromatic heterocycles. The highest BCUT2D eigenvalue weighted by Crippen LogP contribution is 2.30. The maximum absolute atomic E-state index is 13.3. The molecule has 112 valence electrons. The highest BCUT2D eigenvalue weighted by molar-refractivity contribution is 5.42. The lowest BCUT2D eigenvalue weighted by atomic mass is 9.89. The van der Waals surface area contributed by atoms with Gasteiger partial charge in [0.15, 0.2) is 0 Å². The zero-order valence-corrected chi connectivity index (χ0v) is 12.8. The summed E-state index contributed by atoms with van der Waals surface area (Å²) >= 11 is 0. The van der Waals surface area contributed by atoms with Crippen LogP contribution < -0.4 is 4.74 Å². The van der Waals surface area contributed by atoms with Crippen molar-refractivity contribution < 1.29 is 14.2 Å². The minimum absolute atomic E-state index is 0.291. The number of aryl methyl sites for hydroxylation is 1. The van der Waals surface area contributed by atoms with Crippen molar-refractivity contribution in [2.24, 2.45) is 0 Å². The van der Waals surface area contributed by atoms with Gasteiger partial charge in [0.25, 0.3) is 0 Å². The van der Waals surface area contributed by atoms with Gasteiger partial charge in [0.05, 0.1) is 18.4 Å². The zero-order valence-electron chi connectivity index (χ0n) is 12.8. The lowest BCUT2D eigenvalue weighted by Gasteiger charge is -2.25. The molecule has 0 amide bonds. The second-order valence-corrected chi connectivity index (χ2v) is 5.51. The van der Waals surface area contributed by atoms with Gasteiger partial charge in [-0.15, -0.1) is 0 Å². The number of ether oxygens (including phenoxy) is 1. The number of aliphatic hydroxyl groups is 1. The molecule has 1 atom stereocenters. The first-order chi connectivity index (χ1) is 9.85. The fourth-order valence-electron chi connectivity index (χ4n) is 2.50. The Morgan fingerprint density at radius 2 is 2.05 bits per heavy atom. The Kier molecular flexibility index (Phi) is 4.28. The molecule has 2 rings (SSSR count). The molecule has 0 bridgehead atoms. The molecular weight excluding hydrogens is 269 g/mol. The average Bonchev–Trinajstić information content (AvgIpc) is 2.43. The first-order valence-corrected chi connectivity index (χ1v) is 6.82. The van der Waals surface area contributed by atoms with Crippen molar-refractivity contribution in [3.63, 3.8) is 0 Å². The minimum Gasteiger partial charge on any atom is -0.496 e. The molecule has 0 saturated heterocycles. The van der Waals surface area contributed by atoms with E-state index in [1.807, 2.05) is 13.8 Å². The van der Waals surface area contributed by atoms with Crippen LogP contribution >= 0.6 is 0 Å². The maximum Gasteiger partial charge on any atom is 0.128 e. The van der Waals surface area contributed by atoms with Gasteiger partial charge in [-0.3, -0.25) is 4.98 Å². The molecule has 4 heteroatoms. The van der Waals surface area contributed by atoms with E-state index < -0.39 is 5.60 Å². The van der Waals surface area contributed by atoms with Crippen LogP contribution in [-0.4, -0.2) is 17.2 Å². The van der Waals surface area contributed by atoms with E-state index >= 15 is 0 Å². The van der Waals surface area contributed by atoms with E-state index in [0.717, 1.165) is 22.6 Å². The molecule has 0 fully saturated rings. The molecule has 1 aromatic carbocycles. The van der Waals surface area contributed by atoms with Crippen LogP contribution in [0.3, 0.4) is 0 Å². The number of hydrogen-bond donors (Lipinski definition) is 1. The van der Waals surface area contributed by atoms with E-state index in [9.17, 15) is 9.50 Å². The molecule has 0 radical (unpaired) electrons. The van der Waals surface area contributed by atoms with Crippen molar-refractivity contribution in [3.8, 4) is 5.75 Å². The molecule has 1 unspecified atom stereocenters. The highest BCUT2D eigenvalue weighted by Gasteiger charge is 2.26. The van der Waals surface area contributed by atoms with Gasteiger partial charge < -0.3 is 9.84 Å². The van der Waals surface area contributed by atoms with Gasteiger partial charge >= 0.3 is 0 Å². The fourth-order valence-corrected chi connectivity index (χ4v) is 2.50. The summed E-state index contributed by atoms with van der Waals surface area (Å²) in [5.74, 6) is 0.411. The number of hydrogen-bond acceptors (Lipinski definition) is 3. The summed E-state index contributed by atoms with van der Waals surface area (Å²) in [6.45, 7) is 5.50. The molecule has 0 aliphatic heterocycles. The summed E-state index contributed by atoms with van der Waals surface area (Å²) in [5.41, 5.74) is 1.92. The lowest BCUT2D eigenvalue weighted by molar-refractivity contribution is 0.0560. The van der Waals surface area contributed by atoms with Gasteiger partial charge in [-0.25, -0.2) is 4.39 Å². The Balaban J connectivity index is 2.37. The largest absolute Gasteiger partial charge is 0.496 e. The van der Waals surface area contributed by atoms with E-state index in [2.05, 4.69) is 4.98 Å². The van der Waals surface area contributed by atoms with Crippen LogP contribution in [0.15, 0.2) is 30.5 Å². The van der Waals surface area contributed by atoms with Gasteiger partial charge in [-0.05, 0) is 38.5 Å². The van der Waals surface area contributed by atoms with Crippen LogP contribution in [0, 0.1) is 19.7 Å². The van der Waals surface area contributed by atoms with Gasteiger partial charge in [-0.2, -0.15) is 0 Å². The van der Waals surface area contributed by atoms with Crippen LogP contribution in [0.25, 0.3) is 0 Å². The third-order valence-electron chi connectivity index (χ3n) is 3.71. The summed E-state index contributed by atoms with van der Waals surface area (Å²) in [7, 11) is 1.61. The van der Waals surface area contributed by atoms with Crippen LogP contribution in [0.5, 0.6) is 5.75 Å². The summed E-state index contributed by atoms with van der Waals surface area (Å²) in [4.78, 5) is 4.39. The second-order valence-electron chi connectivity index (χ2n) is 5.51. The Hall–Kier alpha value is -1.94. The number of nitrogens with zero attached hydrogens (tertiary/aromatic N) is 1. The van der Waals surface area contributed by atoms with E-state index in [4.69, 9.17) is 4.74 Å². The molecule has 2 aromatic rings. The van der Waals surface area contributed by atoms with Crippen molar-refractivity contribution in [1.82, 2.24) is 4.98 Å². The molecule has 0 spiro atoms. The first kappa shape index (κ1) is 15.4. The molecule has 0 saturated carbocycles. The van der Waals surface area contributed by atoms with Gasteiger partial charge in [0.2, 0.25) is 0 Å². The topological polar surface area (TPSA) is 42.4 Å². The molecule has 3 nitrogen and oxygen atoms in total. The second kappa shape index (κ2) is 5.82. The third kappa shape index (κ3) is 3.22. The quantitative estimate of drug-likeness (QED) is 0.939. The van der Waals surface area contributed by atoms with E-state index in [-0.39, 0.29) is 5.82 Å². The first-order valence-electron chi connectivity index (χ1n) is 6.82. The van der Waals surface area contributed by atoms with Crippen molar-refractivity contribution in [2.75, 3.05) is 7.11 Å². The Morgan fingerprint density at radius 1 is 1.33 bits per heavy atom. The van der Waals surface area contributed by atoms with Gasteiger partial charge in [-0.1, -0.05) is 12.1 Å². The molecular formula is C17H20FNO2. The van der Waals surface area contributed by atoms with Crippen molar-refractivity contribution in [1.29, 1.82) is 0 Å². The number of pyridine rings is 1. The standard InChI is InChI=1S/C17H20FNO2/c1-11-10-19-15(12(2)16(11)21-4)9-17(3,20)13-6-5-7-14(18)8-13/h5-8,10,20H,9H2,1-4H3.